The predicted molar refractivity (Wildman–Crippen MR) is 115 cm³/mol. The molecule has 118 valence electrons. The summed E-state index contributed by atoms with van der Waals surface area (Å²) in [5.41, 5.74) is 0. The molecule has 2 nitrogen and oxygen atoms in total. The van der Waals surface area contributed by atoms with Crippen molar-refractivity contribution in [2.24, 2.45) is 0 Å². The van der Waals surface area contributed by atoms with E-state index in [-0.39, 0.29) is 0 Å². The van der Waals surface area contributed by atoms with Crippen molar-refractivity contribution in [2.75, 3.05) is 24.6 Å². The second-order valence-corrected chi connectivity index (χ2v) is 47.5. The molecule has 0 spiro atoms. The fraction of sp³-hybridized carbons (Fsp3) is 0.909. The van der Waals surface area contributed by atoms with Crippen LogP contribution in [0, 0.1) is 0 Å². The Balaban J connectivity index is 2.04. The third-order valence-electron chi connectivity index (χ3n) is 3.17. The van der Waals surface area contributed by atoms with Crippen molar-refractivity contribution in [1.29, 1.82) is 0 Å². The van der Waals surface area contributed by atoms with E-state index < -0.39 is 29.5 Å². The Morgan fingerprint density at radius 3 is 2.20 bits per heavy atom. The number of thioether (sulfide) groups is 1. The van der Waals surface area contributed by atoms with E-state index in [9.17, 15) is 0 Å². The quantitative estimate of drug-likeness (QED) is 0.253. The van der Waals surface area contributed by atoms with Gasteiger partial charge in [0.2, 0.25) is 0 Å². The molecule has 0 bridgehead atoms. The van der Waals surface area contributed by atoms with Crippen molar-refractivity contribution < 1.29 is 4.12 Å². The standard InChI is InChI=1S/C11H24INOS3Si2Te/c1-18(2)9-20(12,10-19(3,4)14-18)17-11(15)13-5-7-16-8-6-13/h5-10H2,1-4H3. The van der Waals surface area contributed by atoms with Crippen LogP contribution in [-0.4, -0.2) is 63.3 Å². The number of hydrogen-bond acceptors (Lipinski definition) is 4. The van der Waals surface area contributed by atoms with E-state index in [4.69, 9.17) is 16.3 Å². The van der Waals surface area contributed by atoms with Gasteiger partial charge in [0.05, 0.1) is 0 Å². The van der Waals surface area contributed by atoms with Crippen molar-refractivity contribution in [1.82, 2.24) is 4.90 Å². The first-order valence-electron chi connectivity index (χ1n) is 6.86. The van der Waals surface area contributed by atoms with Gasteiger partial charge in [0, 0.05) is 0 Å². The summed E-state index contributed by atoms with van der Waals surface area (Å²) in [4.78, 5) is 2.46. The van der Waals surface area contributed by atoms with Gasteiger partial charge in [-0.25, -0.2) is 0 Å². The van der Waals surface area contributed by atoms with Gasteiger partial charge in [-0.05, 0) is 0 Å². The van der Waals surface area contributed by atoms with Crippen LogP contribution in [0.4, 0.5) is 0 Å². The van der Waals surface area contributed by atoms with Crippen LogP contribution in [-0.2, 0) is 4.12 Å². The Hall–Kier alpha value is 2.50. The Morgan fingerprint density at radius 2 is 1.70 bits per heavy atom. The number of halogens is 1. The third-order valence-corrected chi connectivity index (χ3v) is 57.1. The molecule has 2 rings (SSSR count). The minimum atomic E-state index is -1.96. The summed E-state index contributed by atoms with van der Waals surface area (Å²) >= 11 is 8.76. The second-order valence-electron chi connectivity index (χ2n) is 6.58. The summed E-state index contributed by atoms with van der Waals surface area (Å²) in [5.74, 6) is 2.48. The molecule has 0 aromatic heterocycles. The first-order chi connectivity index (χ1) is 9.11. The Labute approximate surface area is 151 Å². The molecular formula is C11H24INOS3Si2Te. The van der Waals surface area contributed by atoms with Gasteiger partial charge in [0.15, 0.2) is 0 Å². The molecule has 2 aliphatic heterocycles. The average molecular weight is 593 g/mol. The second kappa shape index (κ2) is 7.17. The van der Waals surface area contributed by atoms with Gasteiger partial charge in [-0.2, -0.15) is 0 Å². The van der Waals surface area contributed by atoms with E-state index in [1.807, 2.05) is 0 Å². The van der Waals surface area contributed by atoms with E-state index in [1.54, 1.807) is 0 Å². The molecule has 0 aliphatic carbocycles. The zero-order valence-electron chi connectivity index (χ0n) is 12.6. The fourth-order valence-electron chi connectivity index (χ4n) is 2.88. The molecule has 20 heavy (non-hydrogen) atoms. The summed E-state index contributed by atoms with van der Waals surface area (Å²) in [6, 6.07) is 0. The summed E-state index contributed by atoms with van der Waals surface area (Å²) < 4.78 is 10.5. The molecule has 0 aromatic rings. The Kier molecular flexibility index (Phi) is 6.75. The van der Waals surface area contributed by atoms with Crippen LogP contribution in [0.3, 0.4) is 0 Å². The molecule has 0 radical (unpaired) electrons. The van der Waals surface area contributed by atoms with E-state index in [1.165, 1.54) is 24.0 Å². The molecule has 0 saturated carbocycles. The van der Waals surface area contributed by atoms with Crippen molar-refractivity contribution >= 4 is 85.5 Å². The van der Waals surface area contributed by atoms with Crippen molar-refractivity contribution in [3.63, 3.8) is 0 Å². The topological polar surface area (TPSA) is 12.5 Å². The molecule has 2 fully saturated rings. The predicted octanol–water partition coefficient (Wildman–Crippen LogP) is 4.45. The normalized spacial score (nSPS) is 29.8. The number of rotatable bonds is 1. The van der Waals surface area contributed by atoms with E-state index >= 15 is 0 Å². The summed E-state index contributed by atoms with van der Waals surface area (Å²) in [7, 11) is -0.736. The molecule has 2 heterocycles. The van der Waals surface area contributed by atoms with Crippen molar-refractivity contribution in [3.05, 3.63) is 0 Å². The van der Waals surface area contributed by atoms with Crippen LogP contribution in [0.2, 0.25) is 34.4 Å². The number of nitrogens with zero attached hydrogens (tertiary/aromatic N) is 1. The molecular weight excluding hydrogens is 569 g/mol. The Bertz CT molecular complexity index is 378. The zero-order valence-corrected chi connectivity index (χ0v) is 21.5. The van der Waals surface area contributed by atoms with E-state index in [2.05, 4.69) is 70.5 Å². The van der Waals surface area contributed by atoms with Crippen LogP contribution in [0.5, 0.6) is 0 Å². The molecule has 2 aliphatic rings. The maximum absolute atomic E-state index is 6.53. The van der Waals surface area contributed by atoms with Crippen LogP contribution in [0.25, 0.3) is 0 Å². The maximum atomic E-state index is 6.53. The van der Waals surface area contributed by atoms with E-state index in [0.29, 0.717) is 0 Å². The molecule has 9 heteroatoms. The molecule has 2 saturated heterocycles. The van der Waals surface area contributed by atoms with E-state index in [0.717, 1.165) is 13.1 Å². The molecule has 0 aromatic carbocycles. The van der Waals surface area contributed by atoms with Gasteiger partial charge < -0.3 is 0 Å². The first kappa shape index (κ1) is 18.8. The van der Waals surface area contributed by atoms with Crippen molar-refractivity contribution in [2.45, 2.75) is 34.4 Å². The van der Waals surface area contributed by atoms with Crippen LogP contribution >= 0.6 is 51.7 Å². The van der Waals surface area contributed by atoms with Gasteiger partial charge in [-0.1, -0.05) is 0 Å². The fourth-order valence-corrected chi connectivity index (χ4v) is 93.6. The van der Waals surface area contributed by atoms with Gasteiger partial charge in [0.1, 0.15) is 0 Å². The van der Waals surface area contributed by atoms with Gasteiger partial charge >= 0.3 is 153 Å². The minimum absolute atomic E-state index is 1.16. The Morgan fingerprint density at radius 1 is 1.20 bits per heavy atom. The molecule has 0 N–H and O–H groups in total. The SMILES string of the molecule is C[Si]1(C)C[Te](I)(SC(=S)N2CCSCC2)C[Si](C)(C)O1. The van der Waals surface area contributed by atoms with Gasteiger partial charge in [0.25, 0.3) is 0 Å². The monoisotopic (exact) mass is 595 g/mol. The zero-order chi connectivity index (χ0) is 15.0. The molecule has 0 atom stereocenters. The van der Waals surface area contributed by atoms with Crippen LogP contribution < -0.4 is 0 Å². The van der Waals surface area contributed by atoms with Gasteiger partial charge in [-0.3, -0.25) is 0 Å². The van der Waals surface area contributed by atoms with Gasteiger partial charge in [-0.15, -0.1) is 0 Å². The van der Waals surface area contributed by atoms with Crippen LogP contribution in [0.15, 0.2) is 0 Å². The number of thiocarbonyl (C=S) groups is 1. The van der Waals surface area contributed by atoms with Crippen LogP contribution in [0.1, 0.15) is 0 Å². The van der Waals surface area contributed by atoms with Crippen molar-refractivity contribution in [3.8, 4) is 0 Å². The summed E-state index contributed by atoms with van der Waals surface area (Å²) in [6.45, 7) is 12.0. The molecule has 0 amide bonds. The third kappa shape index (κ3) is 5.55. The first-order valence-corrected chi connectivity index (χ1v) is 28.3. The number of hydrogen-bond donors (Lipinski definition) is 0. The summed E-state index contributed by atoms with van der Waals surface area (Å²) in [6.07, 6.45) is 0. The summed E-state index contributed by atoms with van der Waals surface area (Å²) in [5, 5.41) is 0. The average Bonchev–Trinajstić information content (AvgIpc) is 2.24. The molecule has 0 unspecified atom stereocenters.